The van der Waals surface area contributed by atoms with E-state index in [1.54, 1.807) is 36.4 Å². The van der Waals surface area contributed by atoms with Gasteiger partial charge in [0.1, 0.15) is 17.3 Å². The topological polar surface area (TPSA) is 143 Å². The number of non-ortho nitro benzene ring substituents is 1. The fourth-order valence-electron chi connectivity index (χ4n) is 3.33. The largest absolute Gasteiger partial charge is 0.455 e. The molecular weight excluding hydrogens is 491 g/mol. The molecule has 11 nitrogen and oxygen atoms in total. The Labute approximate surface area is 215 Å². The average molecular weight is 510 g/mol. The maximum atomic E-state index is 13.2. The number of nitro groups is 1. The van der Waals surface area contributed by atoms with E-state index >= 15 is 0 Å². The van der Waals surface area contributed by atoms with Gasteiger partial charge < -0.3 is 15.1 Å². The van der Waals surface area contributed by atoms with Crippen molar-refractivity contribution in [1.29, 1.82) is 0 Å². The third-order valence-corrected chi connectivity index (χ3v) is 5.11. The minimum atomic E-state index is -0.476. The third-order valence-electron chi connectivity index (χ3n) is 5.11. The molecule has 38 heavy (non-hydrogen) atoms. The van der Waals surface area contributed by atoms with Crippen molar-refractivity contribution >= 4 is 41.1 Å². The first-order valence-electron chi connectivity index (χ1n) is 11.3. The van der Waals surface area contributed by atoms with Crippen molar-refractivity contribution in [2.45, 2.75) is 0 Å². The lowest BCUT2D eigenvalue weighted by atomic mass is 10.2. The molecule has 0 atom stereocenters. The minimum absolute atomic E-state index is 0.0326. The normalized spacial score (nSPS) is 10.9. The average Bonchev–Trinajstić information content (AvgIpc) is 3.39. The number of nitrogens with zero attached hydrogens (tertiary/aromatic N) is 5. The van der Waals surface area contributed by atoms with Crippen LogP contribution in [0.1, 0.15) is 5.76 Å². The molecule has 2 aromatic heterocycles. The molecule has 0 amide bonds. The monoisotopic (exact) mass is 510 g/mol. The van der Waals surface area contributed by atoms with Gasteiger partial charge in [-0.2, -0.15) is 20.1 Å². The first-order valence-corrected chi connectivity index (χ1v) is 11.3. The van der Waals surface area contributed by atoms with E-state index in [2.05, 4.69) is 36.1 Å². The van der Waals surface area contributed by atoms with E-state index in [1.165, 1.54) is 30.5 Å². The van der Waals surface area contributed by atoms with Crippen LogP contribution in [-0.4, -0.2) is 26.1 Å². The van der Waals surface area contributed by atoms with Gasteiger partial charge in [-0.05, 0) is 60.7 Å². The van der Waals surface area contributed by atoms with E-state index in [0.29, 0.717) is 17.2 Å². The Kier molecular flexibility index (Phi) is 6.93. The van der Waals surface area contributed by atoms with Gasteiger partial charge in [0.2, 0.25) is 17.8 Å². The van der Waals surface area contributed by atoms with E-state index in [4.69, 9.17) is 4.42 Å². The van der Waals surface area contributed by atoms with Gasteiger partial charge in [-0.25, -0.2) is 9.82 Å². The van der Waals surface area contributed by atoms with Crippen LogP contribution in [0, 0.1) is 15.9 Å². The molecule has 0 saturated heterocycles. The van der Waals surface area contributed by atoms with E-state index < -0.39 is 4.92 Å². The van der Waals surface area contributed by atoms with Crippen molar-refractivity contribution in [1.82, 2.24) is 15.0 Å². The Hall–Kier alpha value is -5.65. The molecule has 0 saturated carbocycles. The van der Waals surface area contributed by atoms with Gasteiger partial charge in [-0.1, -0.05) is 18.2 Å². The second-order valence-electron chi connectivity index (χ2n) is 7.81. The number of furan rings is 1. The van der Waals surface area contributed by atoms with E-state index in [-0.39, 0.29) is 29.3 Å². The highest BCUT2D eigenvalue weighted by Crippen LogP contribution is 2.23. The van der Waals surface area contributed by atoms with E-state index in [0.717, 1.165) is 11.3 Å². The van der Waals surface area contributed by atoms with Crippen molar-refractivity contribution in [2.75, 3.05) is 16.1 Å². The summed E-state index contributed by atoms with van der Waals surface area (Å²) in [5, 5.41) is 21.2. The number of hydrogen-bond donors (Lipinski definition) is 3. The SMILES string of the molecule is O=[N+]([O-])c1ccc(Nc2nc(NN=Cc3ccc(-c4ccc(F)cc4)o3)nc(Nc3ccccc3)n2)cc1. The Morgan fingerprint density at radius 2 is 1.42 bits per heavy atom. The Bertz CT molecular complexity index is 1570. The van der Waals surface area contributed by atoms with Crippen molar-refractivity contribution in [3.8, 4) is 11.3 Å². The lowest BCUT2D eigenvalue weighted by Gasteiger charge is -2.10. The molecule has 12 heteroatoms. The van der Waals surface area contributed by atoms with Gasteiger partial charge in [0, 0.05) is 29.1 Å². The highest BCUT2D eigenvalue weighted by atomic mass is 19.1. The number of benzene rings is 3. The van der Waals surface area contributed by atoms with Crippen LogP contribution in [0.3, 0.4) is 0 Å². The zero-order valence-electron chi connectivity index (χ0n) is 19.6. The zero-order valence-corrected chi connectivity index (χ0v) is 19.6. The summed E-state index contributed by atoms with van der Waals surface area (Å²) in [6.07, 6.45) is 1.45. The van der Waals surface area contributed by atoms with E-state index in [9.17, 15) is 14.5 Å². The predicted molar refractivity (Wildman–Crippen MR) is 141 cm³/mol. The molecule has 0 radical (unpaired) electrons. The van der Waals surface area contributed by atoms with Crippen LogP contribution in [0.4, 0.5) is 39.3 Å². The highest BCUT2D eigenvalue weighted by Gasteiger charge is 2.10. The van der Waals surface area contributed by atoms with Crippen molar-refractivity contribution in [3.63, 3.8) is 0 Å². The van der Waals surface area contributed by atoms with Crippen LogP contribution >= 0.6 is 0 Å². The van der Waals surface area contributed by atoms with Crippen LogP contribution in [0.2, 0.25) is 0 Å². The molecule has 3 N–H and O–H groups in total. The molecule has 0 unspecified atom stereocenters. The van der Waals surface area contributed by atoms with Crippen LogP contribution < -0.4 is 16.1 Å². The molecule has 0 fully saturated rings. The molecule has 3 aromatic carbocycles. The second kappa shape index (κ2) is 11.0. The molecule has 0 aliphatic rings. The van der Waals surface area contributed by atoms with Crippen molar-refractivity contribution < 1.29 is 13.7 Å². The molecule has 0 aliphatic heterocycles. The summed E-state index contributed by atoms with van der Waals surface area (Å²) >= 11 is 0. The van der Waals surface area contributed by atoms with Gasteiger partial charge in [-0.15, -0.1) is 0 Å². The lowest BCUT2D eigenvalue weighted by Crippen LogP contribution is -2.07. The second-order valence-corrected chi connectivity index (χ2v) is 7.81. The van der Waals surface area contributed by atoms with Crippen molar-refractivity contribution in [3.05, 3.63) is 113 Å². The maximum Gasteiger partial charge on any atom is 0.269 e. The number of nitro benzene ring substituents is 1. The molecule has 188 valence electrons. The molecule has 2 heterocycles. The molecule has 5 rings (SSSR count). The maximum absolute atomic E-state index is 13.2. The Morgan fingerprint density at radius 3 is 2.08 bits per heavy atom. The fraction of sp³-hybridized carbons (Fsp3) is 0. The summed E-state index contributed by atoms with van der Waals surface area (Å²) in [5.41, 5.74) is 4.76. The van der Waals surface area contributed by atoms with Crippen LogP contribution in [0.5, 0.6) is 0 Å². The van der Waals surface area contributed by atoms with Crippen LogP contribution in [-0.2, 0) is 0 Å². The number of aromatic nitrogens is 3. The van der Waals surface area contributed by atoms with Gasteiger partial charge >= 0.3 is 0 Å². The summed E-state index contributed by atoms with van der Waals surface area (Å²) in [4.78, 5) is 23.5. The molecule has 0 aliphatic carbocycles. The first-order chi connectivity index (χ1) is 18.5. The molecule has 0 bridgehead atoms. The zero-order chi connectivity index (χ0) is 26.3. The third kappa shape index (κ3) is 6.12. The smallest absolute Gasteiger partial charge is 0.269 e. The predicted octanol–water partition coefficient (Wildman–Crippen LogP) is 6.11. The van der Waals surface area contributed by atoms with Gasteiger partial charge in [-0.3, -0.25) is 10.1 Å². The summed E-state index contributed by atoms with van der Waals surface area (Å²) in [7, 11) is 0. The number of halogens is 1. The fourth-order valence-corrected chi connectivity index (χ4v) is 3.33. The number of nitrogens with one attached hydrogen (secondary N) is 3. The molecule has 5 aromatic rings. The lowest BCUT2D eigenvalue weighted by molar-refractivity contribution is -0.384. The van der Waals surface area contributed by atoms with E-state index in [1.807, 2.05) is 30.3 Å². The number of hydrazone groups is 1. The van der Waals surface area contributed by atoms with Gasteiger partial charge in [0.25, 0.3) is 5.69 Å². The van der Waals surface area contributed by atoms with Crippen molar-refractivity contribution in [2.24, 2.45) is 5.10 Å². The summed E-state index contributed by atoms with van der Waals surface area (Å²) in [5.74, 6) is 1.25. The number of anilines is 5. The highest BCUT2D eigenvalue weighted by molar-refractivity contribution is 5.78. The molecular formula is C26H19FN8O3. The van der Waals surface area contributed by atoms with Gasteiger partial charge in [0.05, 0.1) is 11.1 Å². The summed E-state index contributed by atoms with van der Waals surface area (Å²) in [6, 6.07) is 24.6. The van der Waals surface area contributed by atoms with Crippen LogP contribution in [0.15, 0.2) is 101 Å². The minimum Gasteiger partial charge on any atom is -0.455 e. The Morgan fingerprint density at radius 1 is 0.789 bits per heavy atom. The molecule has 0 spiro atoms. The standard InChI is InChI=1S/C26H19FN8O3/c27-18-8-6-17(7-9-18)23-15-14-22(38-23)16-28-34-26-32-24(29-19-4-2-1-3-5-19)31-25(33-26)30-20-10-12-21(13-11-20)35(36)37/h1-16H,(H3,29,30,31,32,33,34). The quantitative estimate of drug-likeness (QED) is 0.121. The van der Waals surface area contributed by atoms with Crippen LogP contribution in [0.25, 0.3) is 11.3 Å². The first kappa shape index (κ1) is 24.1. The number of rotatable bonds is 9. The Balaban J connectivity index is 1.34. The summed E-state index contributed by atoms with van der Waals surface area (Å²) in [6.45, 7) is 0. The number of hydrogen-bond acceptors (Lipinski definition) is 10. The number of para-hydroxylation sites is 1. The van der Waals surface area contributed by atoms with Gasteiger partial charge in [0.15, 0.2) is 0 Å². The summed E-state index contributed by atoms with van der Waals surface area (Å²) < 4.78 is 18.9.